The van der Waals surface area contributed by atoms with Crippen molar-refractivity contribution in [3.63, 3.8) is 0 Å². The lowest BCUT2D eigenvalue weighted by Crippen LogP contribution is -2.35. The number of nitrogens with one attached hydrogen (secondary N) is 1. The van der Waals surface area contributed by atoms with E-state index in [0.717, 1.165) is 0 Å². The third kappa shape index (κ3) is 1.87. The number of carbonyl (C=O) groups is 1. The van der Waals surface area contributed by atoms with Crippen molar-refractivity contribution in [1.29, 1.82) is 0 Å². The second kappa shape index (κ2) is 3.86. The summed E-state index contributed by atoms with van der Waals surface area (Å²) >= 11 is 0. The Kier molecular flexibility index (Phi) is 2.80. The van der Waals surface area contributed by atoms with E-state index in [2.05, 4.69) is 4.74 Å². The molecule has 0 saturated heterocycles. The molecule has 0 aromatic carbocycles. The zero-order chi connectivity index (χ0) is 10.7. The van der Waals surface area contributed by atoms with Crippen LogP contribution < -0.4 is 11.2 Å². The minimum absolute atomic E-state index is 0.0476. The first-order chi connectivity index (χ1) is 6.56. The first kappa shape index (κ1) is 10.2. The SMILES string of the molecule is CCOC(=O)n1cc(F)c(=O)[nH]c1=O. The molecule has 0 atom stereocenters. The fourth-order valence-corrected chi connectivity index (χ4v) is 0.776. The summed E-state index contributed by atoms with van der Waals surface area (Å²) in [5.41, 5.74) is -2.20. The Hall–Kier alpha value is -1.92. The number of carbonyl (C=O) groups excluding carboxylic acids is 1. The molecule has 0 spiro atoms. The van der Waals surface area contributed by atoms with Gasteiger partial charge in [0.1, 0.15) is 0 Å². The molecule has 1 rings (SSSR count). The van der Waals surface area contributed by atoms with E-state index in [4.69, 9.17) is 0 Å². The average Bonchev–Trinajstić information content (AvgIpc) is 2.11. The fraction of sp³-hybridized carbons (Fsp3) is 0.286. The number of hydrogen-bond donors (Lipinski definition) is 1. The second-order valence-electron chi connectivity index (χ2n) is 2.31. The monoisotopic (exact) mass is 202 g/mol. The first-order valence-corrected chi connectivity index (χ1v) is 3.75. The smallest absolute Gasteiger partial charge is 0.422 e. The van der Waals surface area contributed by atoms with Gasteiger partial charge in [0.25, 0.3) is 5.56 Å². The van der Waals surface area contributed by atoms with Crippen LogP contribution in [0.4, 0.5) is 9.18 Å². The van der Waals surface area contributed by atoms with Crippen LogP contribution in [0.2, 0.25) is 0 Å². The highest BCUT2D eigenvalue weighted by atomic mass is 19.1. The molecule has 0 radical (unpaired) electrons. The van der Waals surface area contributed by atoms with Crippen LogP contribution in [-0.4, -0.2) is 22.3 Å². The number of H-pyrrole nitrogens is 1. The van der Waals surface area contributed by atoms with Gasteiger partial charge < -0.3 is 4.74 Å². The molecule has 1 N–H and O–H groups in total. The van der Waals surface area contributed by atoms with Gasteiger partial charge in [-0.3, -0.25) is 9.78 Å². The lowest BCUT2D eigenvalue weighted by atomic mass is 10.6. The summed E-state index contributed by atoms with van der Waals surface area (Å²) in [4.78, 5) is 34.1. The van der Waals surface area contributed by atoms with Gasteiger partial charge in [0.2, 0.25) is 5.82 Å². The number of aromatic nitrogens is 2. The zero-order valence-electron chi connectivity index (χ0n) is 7.24. The van der Waals surface area contributed by atoms with Gasteiger partial charge in [-0.15, -0.1) is 0 Å². The summed E-state index contributed by atoms with van der Waals surface area (Å²) in [5, 5.41) is 0. The van der Waals surface area contributed by atoms with Crippen LogP contribution in [0.15, 0.2) is 15.8 Å². The number of nitrogens with zero attached hydrogens (tertiary/aromatic N) is 1. The first-order valence-electron chi connectivity index (χ1n) is 3.75. The van der Waals surface area contributed by atoms with Crippen LogP contribution in [0.3, 0.4) is 0 Å². The van der Waals surface area contributed by atoms with Crippen LogP contribution in [0.1, 0.15) is 6.92 Å². The minimum atomic E-state index is -1.22. The number of ether oxygens (including phenoxy) is 1. The van der Waals surface area contributed by atoms with Crippen molar-refractivity contribution in [2.45, 2.75) is 6.92 Å². The van der Waals surface area contributed by atoms with Gasteiger partial charge >= 0.3 is 11.8 Å². The van der Waals surface area contributed by atoms with Gasteiger partial charge in [-0.25, -0.2) is 14.2 Å². The molecule has 1 aromatic rings. The summed E-state index contributed by atoms with van der Waals surface area (Å²) in [6, 6.07) is 0. The fourth-order valence-electron chi connectivity index (χ4n) is 0.776. The molecule has 1 heterocycles. The largest absolute Gasteiger partial charge is 0.449 e. The summed E-state index contributed by atoms with van der Waals surface area (Å²) in [6.45, 7) is 1.58. The van der Waals surface area contributed by atoms with Gasteiger partial charge in [0, 0.05) is 0 Å². The van der Waals surface area contributed by atoms with Crippen molar-refractivity contribution < 1.29 is 13.9 Å². The lowest BCUT2D eigenvalue weighted by Gasteiger charge is -2.02. The molecule has 0 saturated carbocycles. The van der Waals surface area contributed by atoms with Crippen LogP contribution in [0, 0.1) is 5.82 Å². The van der Waals surface area contributed by atoms with E-state index in [9.17, 15) is 18.8 Å². The van der Waals surface area contributed by atoms with E-state index in [-0.39, 0.29) is 6.61 Å². The number of rotatable bonds is 1. The van der Waals surface area contributed by atoms with Crippen LogP contribution in [0.5, 0.6) is 0 Å². The van der Waals surface area contributed by atoms with Crippen LogP contribution >= 0.6 is 0 Å². The number of aromatic amines is 1. The Bertz CT molecular complexity index is 461. The molecular formula is C7H7FN2O4. The standard InChI is InChI=1S/C7H7FN2O4/c1-2-14-7(13)10-3-4(8)5(11)9-6(10)12/h3H,2H2,1H3,(H,9,11,12). The summed E-state index contributed by atoms with van der Waals surface area (Å²) in [7, 11) is 0. The molecule has 1 aromatic heterocycles. The maximum atomic E-state index is 12.6. The van der Waals surface area contributed by atoms with Crippen molar-refractivity contribution in [3.8, 4) is 0 Å². The average molecular weight is 202 g/mol. The van der Waals surface area contributed by atoms with Crippen molar-refractivity contribution >= 4 is 6.09 Å². The quantitative estimate of drug-likeness (QED) is 0.676. The predicted octanol–water partition coefficient (Wildman–Crippen LogP) is -0.320. The van der Waals surface area contributed by atoms with E-state index in [0.29, 0.717) is 10.8 Å². The third-order valence-corrected chi connectivity index (χ3v) is 1.36. The molecule has 0 fully saturated rings. The van der Waals surface area contributed by atoms with E-state index in [1.165, 1.54) is 6.92 Å². The van der Waals surface area contributed by atoms with E-state index in [1.54, 1.807) is 4.98 Å². The molecule has 6 nitrogen and oxygen atoms in total. The maximum absolute atomic E-state index is 12.6. The molecule has 0 amide bonds. The van der Waals surface area contributed by atoms with E-state index >= 15 is 0 Å². The minimum Gasteiger partial charge on any atom is -0.449 e. The van der Waals surface area contributed by atoms with Gasteiger partial charge in [0.15, 0.2) is 0 Å². The molecule has 76 valence electrons. The Labute approximate surface area is 76.9 Å². The molecule has 0 bridgehead atoms. The number of halogens is 1. The van der Waals surface area contributed by atoms with E-state index < -0.39 is 23.2 Å². The lowest BCUT2D eigenvalue weighted by molar-refractivity contribution is 0.152. The van der Waals surface area contributed by atoms with Gasteiger partial charge in [-0.05, 0) is 6.92 Å². The summed E-state index contributed by atoms with van der Waals surface area (Å²) in [6.07, 6.45) is -0.549. The Balaban J connectivity index is 3.23. The maximum Gasteiger partial charge on any atom is 0.422 e. The molecule has 0 aliphatic carbocycles. The third-order valence-electron chi connectivity index (χ3n) is 1.36. The van der Waals surface area contributed by atoms with Crippen molar-refractivity contribution in [2.75, 3.05) is 6.61 Å². The van der Waals surface area contributed by atoms with Crippen molar-refractivity contribution in [2.24, 2.45) is 0 Å². The molecule has 14 heavy (non-hydrogen) atoms. The predicted molar refractivity (Wildman–Crippen MR) is 43.7 cm³/mol. The molecule has 7 heteroatoms. The second-order valence-corrected chi connectivity index (χ2v) is 2.31. The van der Waals surface area contributed by atoms with Crippen molar-refractivity contribution in [1.82, 2.24) is 9.55 Å². The topological polar surface area (TPSA) is 81.2 Å². The Morgan fingerprint density at radius 1 is 1.64 bits per heavy atom. The number of hydrogen-bond acceptors (Lipinski definition) is 4. The Morgan fingerprint density at radius 3 is 2.86 bits per heavy atom. The van der Waals surface area contributed by atoms with Gasteiger partial charge in [-0.2, -0.15) is 4.39 Å². The molecule has 0 unspecified atom stereocenters. The normalized spacial score (nSPS) is 9.86. The van der Waals surface area contributed by atoms with Gasteiger partial charge in [0.05, 0.1) is 12.8 Å². The highest BCUT2D eigenvalue weighted by Gasteiger charge is 2.10. The van der Waals surface area contributed by atoms with Crippen molar-refractivity contribution in [3.05, 3.63) is 32.9 Å². The van der Waals surface area contributed by atoms with E-state index in [1.807, 2.05) is 0 Å². The van der Waals surface area contributed by atoms with Crippen LogP contribution in [-0.2, 0) is 4.74 Å². The summed E-state index contributed by atoms with van der Waals surface area (Å²) < 4.78 is 17.4. The highest BCUT2D eigenvalue weighted by Crippen LogP contribution is 1.87. The Morgan fingerprint density at radius 2 is 2.29 bits per heavy atom. The highest BCUT2D eigenvalue weighted by molar-refractivity contribution is 5.69. The zero-order valence-corrected chi connectivity index (χ0v) is 7.24. The molecule has 0 aliphatic rings. The van der Waals surface area contributed by atoms with Crippen LogP contribution in [0.25, 0.3) is 0 Å². The van der Waals surface area contributed by atoms with Gasteiger partial charge in [-0.1, -0.05) is 0 Å². The molecule has 0 aliphatic heterocycles. The molecular weight excluding hydrogens is 195 g/mol. The summed E-state index contributed by atoms with van der Waals surface area (Å²) in [5.74, 6) is -1.22.